The summed E-state index contributed by atoms with van der Waals surface area (Å²) in [7, 11) is 0. The van der Waals surface area contributed by atoms with Gasteiger partial charge in [-0.2, -0.15) is 0 Å². The number of halogens is 1. The first kappa shape index (κ1) is 20.9. The lowest BCUT2D eigenvalue weighted by atomic mass is 10.0. The Balaban J connectivity index is 1.25. The van der Waals surface area contributed by atoms with Crippen LogP contribution in [0.15, 0.2) is 53.4 Å². The predicted octanol–water partition coefficient (Wildman–Crippen LogP) is 3.04. The van der Waals surface area contributed by atoms with Gasteiger partial charge in [0.2, 0.25) is 11.8 Å². The quantitative estimate of drug-likeness (QED) is 0.688. The van der Waals surface area contributed by atoms with Gasteiger partial charge < -0.3 is 9.80 Å². The maximum absolute atomic E-state index is 13.7. The molecule has 2 aliphatic rings. The normalized spacial score (nSPS) is 17.0. The molecule has 30 heavy (non-hydrogen) atoms. The Bertz CT molecular complexity index is 915. The van der Waals surface area contributed by atoms with E-state index in [-0.39, 0.29) is 23.4 Å². The van der Waals surface area contributed by atoms with E-state index in [0.717, 1.165) is 25.1 Å². The van der Waals surface area contributed by atoms with Gasteiger partial charge in [0.1, 0.15) is 5.82 Å². The molecule has 0 unspecified atom stereocenters. The number of thioether (sulfide) groups is 1. The van der Waals surface area contributed by atoms with E-state index >= 15 is 0 Å². The Labute approximate surface area is 180 Å². The molecule has 2 aliphatic heterocycles. The number of fused-ring (bicyclic) bond motifs is 1. The predicted molar refractivity (Wildman–Crippen MR) is 117 cm³/mol. The minimum Gasteiger partial charge on any atom is -0.339 e. The summed E-state index contributed by atoms with van der Waals surface area (Å²) in [6.45, 7) is 3.69. The lowest BCUT2D eigenvalue weighted by Gasteiger charge is -2.36. The molecule has 0 bridgehead atoms. The molecule has 0 radical (unpaired) electrons. The van der Waals surface area contributed by atoms with Crippen molar-refractivity contribution >= 4 is 29.3 Å². The van der Waals surface area contributed by atoms with Crippen molar-refractivity contribution in [2.45, 2.75) is 17.7 Å². The van der Waals surface area contributed by atoms with Crippen molar-refractivity contribution in [3.63, 3.8) is 0 Å². The highest BCUT2D eigenvalue weighted by atomic mass is 32.2. The molecule has 158 valence electrons. The van der Waals surface area contributed by atoms with Crippen LogP contribution >= 0.6 is 11.8 Å². The largest absolute Gasteiger partial charge is 0.339 e. The maximum atomic E-state index is 13.7. The molecule has 0 atom stereocenters. The Morgan fingerprint density at radius 3 is 2.43 bits per heavy atom. The molecule has 1 fully saturated rings. The lowest BCUT2D eigenvalue weighted by Crippen LogP contribution is -2.52. The molecule has 2 amide bonds. The molecule has 2 aromatic rings. The van der Waals surface area contributed by atoms with Gasteiger partial charge in [-0.25, -0.2) is 4.39 Å². The third kappa shape index (κ3) is 4.84. The highest BCUT2D eigenvalue weighted by molar-refractivity contribution is 8.00. The van der Waals surface area contributed by atoms with Gasteiger partial charge in [-0.1, -0.05) is 30.3 Å². The molecular weight excluding hydrogens is 401 g/mol. The number of para-hydroxylation sites is 1. The summed E-state index contributed by atoms with van der Waals surface area (Å²) < 4.78 is 13.7. The summed E-state index contributed by atoms with van der Waals surface area (Å²) >= 11 is 1.23. The molecule has 1 saturated heterocycles. The number of benzene rings is 2. The molecule has 2 heterocycles. The van der Waals surface area contributed by atoms with Crippen LogP contribution in [0.3, 0.4) is 0 Å². The summed E-state index contributed by atoms with van der Waals surface area (Å²) in [5.74, 6) is 0.0684. The van der Waals surface area contributed by atoms with Crippen LogP contribution < -0.4 is 4.90 Å². The summed E-state index contributed by atoms with van der Waals surface area (Å²) in [6, 6.07) is 14.6. The average molecular weight is 428 g/mol. The van der Waals surface area contributed by atoms with Crippen LogP contribution in [0.25, 0.3) is 0 Å². The number of aryl methyl sites for hydroxylation is 1. The van der Waals surface area contributed by atoms with E-state index in [1.807, 2.05) is 28.0 Å². The van der Waals surface area contributed by atoms with Gasteiger partial charge in [-0.15, -0.1) is 11.8 Å². The van der Waals surface area contributed by atoms with Crippen molar-refractivity contribution in [2.24, 2.45) is 0 Å². The van der Waals surface area contributed by atoms with Gasteiger partial charge in [0.15, 0.2) is 0 Å². The van der Waals surface area contributed by atoms with Crippen molar-refractivity contribution < 1.29 is 14.0 Å². The zero-order chi connectivity index (χ0) is 20.9. The van der Waals surface area contributed by atoms with Crippen LogP contribution in [-0.2, 0) is 16.0 Å². The third-order valence-electron chi connectivity index (χ3n) is 5.68. The first-order chi connectivity index (χ1) is 14.6. The summed E-state index contributed by atoms with van der Waals surface area (Å²) in [5.41, 5.74) is 2.27. The van der Waals surface area contributed by atoms with Gasteiger partial charge in [-0.05, 0) is 36.6 Å². The van der Waals surface area contributed by atoms with Crippen LogP contribution in [0.1, 0.15) is 12.0 Å². The smallest absolute Gasteiger partial charge is 0.241 e. The molecule has 0 aliphatic carbocycles. The highest BCUT2D eigenvalue weighted by Crippen LogP contribution is 2.27. The van der Waals surface area contributed by atoms with Crippen molar-refractivity contribution in [1.29, 1.82) is 0 Å². The number of nitrogens with zero attached hydrogens (tertiary/aromatic N) is 3. The highest BCUT2D eigenvalue weighted by Gasteiger charge is 2.26. The van der Waals surface area contributed by atoms with E-state index in [2.05, 4.69) is 11.0 Å². The van der Waals surface area contributed by atoms with Crippen molar-refractivity contribution in [2.75, 3.05) is 49.9 Å². The zero-order valence-electron chi connectivity index (χ0n) is 16.9. The number of carbonyl (C=O) groups is 2. The van der Waals surface area contributed by atoms with Crippen LogP contribution in [0.5, 0.6) is 0 Å². The van der Waals surface area contributed by atoms with E-state index in [4.69, 9.17) is 0 Å². The fraction of sp³-hybridized carbons (Fsp3) is 0.391. The summed E-state index contributed by atoms with van der Waals surface area (Å²) in [6.07, 6.45) is 2.01. The van der Waals surface area contributed by atoms with Crippen molar-refractivity contribution in [1.82, 2.24) is 9.80 Å². The SMILES string of the molecule is O=C(CSc1ccccc1F)N1CCN(CC(=O)N2CCCc3ccccc32)CC1. The van der Waals surface area contributed by atoms with E-state index in [1.54, 1.807) is 18.2 Å². The monoisotopic (exact) mass is 427 g/mol. The number of hydrogen-bond donors (Lipinski definition) is 0. The van der Waals surface area contributed by atoms with Crippen LogP contribution in [0.4, 0.5) is 10.1 Å². The molecule has 0 N–H and O–H groups in total. The number of piperazine rings is 1. The Kier molecular flexibility index (Phi) is 6.69. The van der Waals surface area contributed by atoms with Crippen molar-refractivity contribution in [3.05, 3.63) is 59.9 Å². The average Bonchev–Trinajstić information content (AvgIpc) is 2.78. The Hall–Kier alpha value is -2.38. The molecule has 2 aromatic carbocycles. The fourth-order valence-corrected chi connectivity index (χ4v) is 4.86. The molecule has 0 aromatic heterocycles. The van der Waals surface area contributed by atoms with Gasteiger partial charge >= 0.3 is 0 Å². The first-order valence-electron chi connectivity index (χ1n) is 10.4. The standard InChI is InChI=1S/C23H26FN3O2S/c24-19-8-2-4-10-21(19)30-17-23(29)26-14-12-25(13-15-26)16-22(28)27-11-5-7-18-6-1-3-9-20(18)27/h1-4,6,8-10H,5,7,11-17H2. The van der Waals surface area contributed by atoms with E-state index in [1.165, 1.54) is 23.4 Å². The third-order valence-corrected chi connectivity index (χ3v) is 6.72. The van der Waals surface area contributed by atoms with Crippen LogP contribution in [0, 0.1) is 5.82 Å². The molecular formula is C23H26FN3O2S. The second kappa shape index (κ2) is 9.62. The number of rotatable bonds is 5. The second-order valence-electron chi connectivity index (χ2n) is 7.65. The summed E-state index contributed by atoms with van der Waals surface area (Å²) in [5, 5.41) is 0. The van der Waals surface area contributed by atoms with Crippen molar-refractivity contribution in [3.8, 4) is 0 Å². The second-order valence-corrected chi connectivity index (χ2v) is 8.67. The number of carbonyl (C=O) groups excluding carboxylic acids is 2. The zero-order valence-corrected chi connectivity index (χ0v) is 17.7. The van der Waals surface area contributed by atoms with E-state index < -0.39 is 0 Å². The molecule has 0 spiro atoms. The van der Waals surface area contributed by atoms with E-state index in [9.17, 15) is 14.0 Å². The molecule has 0 saturated carbocycles. The van der Waals surface area contributed by atoms with Gasteiger partial charge in [-0.3, -0.25) is 14.5 Å². The fourth-order valence-electron chi connectivity index (χ4n) is 4.02. The maximum Gasteiger partial charge on any atom is 0.241 e. The molecule has 7 heteroatoms. The molecule has 4 rings (SSSR count). The molecule has 5 nitrogen and oxygen atoms in total. The first-order valence-corrected chi connectivity index (χ1v) is 11.4. The topological polar surface area (TPSA) is 43.9 Å². The number of amides is 2. The van der Waals surface area contributed by atoms with Gasteiger partial charge in [0.25, 0.3) is 0 Å². The van der Waals surface area contributed by atoms with Gasteiger partial charge in [0.05, 0.1) is 12.3 Å². The van der Waals surface area contributed by atoms with Crippen LogP contribution in [0.2, 0.25) is 0 Å². The minimum absolute atomic E-state index is 0.0131. The Morgan fingerprint density at radius 2 is 1.63 bits per heavy atom. The van der Waals surface area contributed by atoms with Gasteiger partial charge in [0, 0.05) is 43.3 Å². The Morgan fingerprint density at radius 1 is 0.900 bits per heavy atom. The van der Waals surface area contributed by atoms with Crippen LogP contribution in [-0.4, -0.2) is 66.6 Å². The lowest BCUT2D eigenvalue weighted by molar-refractivity contribution is -0.130. The number of anilines is 1. The van der Waals surface area contributed by atoms with E-state index in [0.29, 0.717) is 37.6 Å². The number of hydrogen-bond acceptors (Lipinski definition) is 4. The minimum atomic E-state index is -0.294. The summed E-state index contributed by atoms with van der Waals surface area (Å²) in [4.78, 5) is 31.7.